The maximum atomic E-state index is 12.0. The fourth-order valence-electron chi connectivity index (χ4n) is 2.69. The number of carboxylic acids is 1. The minimum absolute atomic E-state index is 0.262. The van der Waals surface area contributed by atoms with Gasteiger partial charge in [-0.05, 0) is 12.8 Å². The number of hydrogen-bond acceptors (Lipinski definition) is 5. The molecule has 1 aromatic rings. The summed E-state index contributed by atoms with van der Waals surface area (Å²) < 4.78 is 7.16. The standard InChI is InChI=1S/C13H18N4O4/c18-12(10-1-2-11(21-10)13(19)20)15-5-8-6-16-17-4-3-14-7-9(8)17/h6,10-11,14H,1-5,7H2,(H,15,18)(H,19,20)/t10-,11+/m1/s1. The molecule has 3 N–H and O–H groups in total. The average molecular weight is 294 g/mol. The minimum Gasteiger partial charge on any atom is -0.479 e. The summed E-state index contributed by atoms with van der Waals surface area (Å²) in [6, 6.07) is 0. The molecule has 8 heteroatoms. The second kappa shape index (κ2) is 5.82. The zero-order valence-corrected chi connectivity index (χ0v) is 11.5. The number of carbonyl (C=O) groups excluding carboxylic acids is 1. The molecule has 0 unspecified atom stereocenters. The fraction of sp³-hybridized carbons (Fsp3) is 0.615. The summed E-state index contributed by atoms with van der Waals surface area (Å²) in [5, 5.41) is 19.2. The number of fused-ring (bicyclic) bond motifs is 1. The van der Waals surface area contributed by atoms with E-state index in [-0.39, 0.29) is 5.91 Å². The van der Waals surface area contributed by atoms with E-state index in [0.717, 1.165) is 30.9 Å². The summed E-state index contributed by atoms with van der Waals surface area (Å²) in [7, 11) is 0. The Labute approximate surface area is 121 Å². The molecule has 3 heterocycles. The zero-order chi connectivity index (χ0) is 14.8. The molecule has 1 amide bonds. The number of hydrogen-bond donors (Lipinski definition) is 3. The van der Waals surface area contributed by atoms with Crippen LogP contribution in [0.5, 0.6) is 0 Å². The lowest BCUT2D eigenvalue weighted by atomic mass is 10.2. The van der Waals surface area contributed by atoms with Crippen LogP contribution in [0.3, 0.4) is 0 Å². The molecule has 114 valence electrons. The Hall–Kier alpha value is -1.93. The Morgan fingerprint density at radius 2 is 2.29 bits per heavy atom. The predicted molar refractivity (Wildman–Crippen MR) is 71.3 cm³/mol. The van der Waals surface area contributed by atoms with Crippen LogP contribution in [0, 0.1) is 0 Å². The lowest BCUT2D eigenvalue weighted by Gasteiger charge is -2.17. The van der Waals surface area contributed by atoms with Gasteiger partial charge in [0, 0.05) is 25.2 Å². The SMILES string of the molecule is O=C(O)[C@@H]1CC[C@H](C(=O)NCc2cnn3c2CNCC3)O1. The van der Waals surface area contributed by atoms with Crippen molar-refractivity contribution in [2.24, 2.45) is 0 Å². The third kappa shape index (κ3) is 2.91. The lowest BCUT2D eigenvalue weighted by molar-refractivity contribution is -0.151. The van der Waals surface area contributed by atoms with Gasteiger partial charge in [0.05, 0.1) is 18.4 Å². The molecule has 0 bridgehead atoms. The molecule has 1 aromatic heterocycles. The zero-order valence-electron chi connectivity index (χ0n) is 11.5. The van der Waals surface area contributed by atoms with E-state index in [2.05, 4.69) is 15.7 Å². The number of carbonyl (C=O) groups is 2. The van der Waals surface area contributed by atoms with Crippen molar-refractivity contribution in [3.63, 3.8) is 0 Å². The van der Waals surface area contributed by atoms with Gasteiger partial charge in [-0.1, -0.05) is 0 Å². The van der Waals surface area contributed by atoms with Crippen LogP contribution in [-0.4, -0.2) is 45.5 Å². The Morgan fingerprint density at radius 3 is 3.05 bits per heavy atom. The first-order valence-corrected chi connectivity index (χ1v) is 7.05. The van der Waals surface area contributed by atoms with Crippen molar-refractivity contribution in [3.8, 4) is 0 Å². The second-order valence-electron chi connectivity index (χ2n) is 5.26. The molecule has 2 aliphatic heterocycles. The van der Waals surface area contributed by atoms with Gasteiger partial charge in [-0.15, -0.1) is 0 Å². The fourth-order valence-corrected chi connectivity index (χ4v) is 2.69. The van der Waals surface area contributed by atoms with E-state index < -0.39 is 18.2 Å². The van der Waals surface area contributed by atoms with Gasteiger partial charge in [0.2, 0.25) is 5.91 Å². The summed E-state index contributed by atoms with van der Waals surface area (Å²) in [6.45, 7) is 2.85. The maximum Gasteiger partial charge on any atom is 0.332 e. The number of aliphatic carboxylic acids is 1. The highest BCUT2D eigenvalue weighted by Gasteiger charge is 2.34. The van der Waals surface area contributed by atoms with E-state index in [1.807, 2.05) is 4.68 Å². The Bertz CT molecular complexity index is 556. The molecule has 0 aromatic carbocycles. The highest BCUT2D eigenvalue weighted by molar-refractivity contribution is 5.82. The highest BCUT2D eigenvalue weighted by atomic mass is 16.5. The predicted octanol–water partition coefficient (Wildman–Crippen LogP) is -0.765. The Kier molecular flexibility index (Phi) is 3.89. The average Bonchev–Trinajstić information content (AvgIpc) is 3.12. The van der Waals surface area contributed by atoms with Gasteiger partial charge in [0.1, 0.15) is 6.10 Å². The van der Waals surface area contributed by atoms with Crippen LogP contribution >= 0.6 is 0 Å². The number of rotatable bonds is 4. The Morgan fingerprint density at radius 1 is 1.48 bits per heavy atom. The third-order valence-corrected chi connectivity index (χ3v) is 3.87. The van der Waals surface area contributed by atoms with Crippen LogP contribution in [0.2, 0.25) is 0 Å². The van der Waals surface area contributed by atoms with E-state index in [0.29, 0.717) is 19.4 Å². The first-order valence-electron chi connectivity index (χ1n) is 7.05. The number of amides is 1. The molecule has 3 rings (SSSR count). The summed E-state index contributed by atoms with van der Waals surface area (Å²) >= 11 is 0. The number of ether oxygens (including phenoxy) is 1. The van der Waals surface area contributed by atoms with Gasteiger partial charge in [-0.2, -0.15) is 5.10 Å². The van der Waals surface area contributed by atoms with Gasteiger partial charge < -0.3 is 20.5 Å². The van der Waals surface area contributed by atoms with Crippen molar-refractivity contribution in [1.29, 1.82) is 0 Å². The van der Waals surface area contributed by atoms with Crippen molar-refractivity contribution in [2.75, 3.05) is 6.54 Å². The smallest absolute Gasteiger partial charge is 0.332 e. The Balaban J connectivity index is 1.55. The third-order valence-electron chi connectivity index (χ3n) is 3.87. The largest absolute Gasteiger partial charge is 0.479 e. The van der Waals surface area contributed by atoms with Gasteiger partial charge >= 0.3 is 5.97 Å². The van der Waals surface area contributed by atoms with E-state index in [9.17, 15) is 9.59 Å². The molecule has 0 spiro atoms. The summed E-state index contributed by atoms with van der Waals surface area (Å²) in [5.74, 6) is -1.27. The molecule has 2 atom stereocenters. The number of carboxylic acid groups (broad SMARTS) is 1. The molecule has 1 saturated heterocycles. The first-order chi connectivity index (χ1) is 10.1. The van der Waals surface area contributed by atoms with E-state index in [1.54, 1.807) is 6.20 Å². The quantitative estimate of drug-likeness (QED) is 0.674. The molecular formula is C13H18N4O4. The van der Waals surface area contributed by atoms with Crippen LogP contribution in [0.15, 0.2) is 6.20 Å². The van der Waals surface area contributed by atoms with Crippen molar-refractivity contribution in [1.82, 2.24) is 20.4 Å². The molecule has 21 heavy (non-hydrogen) atoms. The molecule has 0 saturated carbocycles. The molecule has 0 radical (unpaired) electrons. The topological polar surface area (TPSA) is 105 Å². The van der Waals surface area contributed by atoms with Crippen LogP contribution in [0.4, 0.5) is 0 Å². The van der Waals surface area contributed by atoms with Crippen molar-refractivity contribution < 1.29 is 19.4 Å². The van der Waals surface area contributed by atoms with Gasteiger partial charge in [-0.3, -0.25) is 9.48 Å². The van der Waals surface area contributed by atoms with E-state index >= 15 is 0 Å². The molecule has 2 aliphatic rings. The second-order valence-corrected chi connectivity index (χ2v) is 5.26. The monoisotopic (exact) mass is 294 g/mol. The van der Waals surface area contributed by atoms with Crippen LogP contribution in [0.1, 0.15) is 24.1 Å². The summed E-state index contributed by atoms with van der Waals surface area (Å²) in [4.78, 5) is 22.8. The first kappa shape index (κ1) is 14.0. The van der Waals surface area contributed by atoms with Crippen LogP contribution in [0.25, 0.3) is 0 Å². The normalized spacial score (nSPS) is 24.6. The van der Waals surface area contributed by atoms with Crippen LogP contribution < -0.4 is 10.6 Å². The number of nitrogens with one attached hydrogen (secondary N) is 2. The van der Waals surface area contributed by atoms with Crippen LogP contribution in [-0.2, 0) is 34.0 Å². The van der Waals surface area contributed by atoms with E-state index in [1.165, 1.54) is 0 Å². The van der Waals surface area contributed by atoms with Crippen molar-refractivity contribution >= 4 is 11.9 Å². The maximum absolute atomic E-state index is 12.0. The van der Waals surface area contributed by atoms with Gasteiger partial charge in [-0.25, -0.2) is 4.79 Å². The minimum atomic E-state index is -1.01. The summed E-state index contributed by atoms with van der Waals surface area (Å²) in [5.41, 5.74) is 2.06. The molecular weight excluding hydrogens is 276 g/mol. The lowest BCUT2D eigenvalue weighted by Crippen LogP contribution is -2.36. The summed E-state index contributed by atoms with van der Waals surface area (Å²) in [6.07, 6.45) is 1.04. The van der Waals surface area contributed by atoms with E-state index in [4.69, 9.17) is 9.84 Å². The van der Waals surface area contributed by atoms with Gasteiger partial charge in [0.25, 0.3) is 0 Å². The molecule has 0 aliphatic carbocycles. The van der Waals surface area contributed by atoms with Crippen molar-refractivity contribution in [2.45, 2.75) is 44.7 Å². The van der Waals surface area contributed by atoms with Crippen molar-refractivity contribution in [3.05, 3.63) is 17.5 Å². The molecule has 8 nitrogen and oxygen atoms in total. The van der Waals surface area contributed by atoms with Gasteiger partial charge in [0.15, 0.2) is 6.10 Å². The highest BCUT2D eigenvalue weighted by Crippen LogP contribution is 2.20. The molecule has 1 fully saturated rings. The number of aromatic nitrogens is 2. The number of nitrogens with zero attached hydrogens (tertiary/aromatic N) is 2.